The van der Waals surface area contributed by atoms with Crippen molar-refractivity contribution in [2.45, 2.75) is 0 Å². The summed E-state index contributed by atoms with van der Waals surface area (Å²) < 4.78 is 2.61. The van der Waals surface area contributed by atoms with Gasteiger partial charge in [0.05, 0.1) is 11.5 Å². The lowest BCUT2D eigenvalue weighted by atomic mass is 10.2. The Bertz CT molecular complexity index is 459. The molecule has 0 saturated carbocycles. The van der Waals surface area contributed by atoms with Crippen LogP contribution in [-0.2, 0) is 0 Å². The molecule has 0 aliphatic heterocycles. The second-order valence-electron chi connectivity index (χ2n) is 2.76. The number of amides is 1. The average molecular weight is 330 g/mol. The second kappa shape index (κ2) is 6.07. The molecule has 1 N–H and O–H groups in total. The topological polar surface area (TPSA) is 72.2 Å². The van der Waals surface area contributed by atoms with E-state index in [4.69, 9.17) is 0 Å². The third-order valence-electron chi connectivity index (χ3n) is 1.74. The van der Waals surface area contributed by atoms with Crippen LogP contribution in [0.5, 0.6) is 0 Å². The maximum absolute atomic E-state index is 11.4. The molecule has 0 radical (unpaired) electrons. The van der Waals surface area contributed by atoms with Crippen LogP contribution in [0.15, 0.2) is 24.3 Å². The molecule has 0 heterocycles. The number of hydrogen-bond donors (Lipinski definition) is 1. The van der Waals surface area contributed by atoms with Crippen molar-refractivity contribution in [2.75, 3.05) is 6.54 Å². The highest BCUT2D eigenvalue weighted by Gasteiger charge is 2.08. The third-order valence-corrected chi connectivity index (χ3v) is 2.13. The van der Waals surface area contributed by atoms with Gasteiger partial charge in [-0.15, -0.1) is 0 Å². The molecule has 0 saturated heterocycles. The van der Waals surface area contributed by atoms with Crippen molar-refractivity contribution in [3.8, 4) is 9.85 Å². The van der Waals surface area contributed by atoms with Gasteiger partial charge in [0.15, 0.2) is 0 Å². The van der Waals surface area contributed by atoms with Crippen molar-refractivity contribution in [1.29, 1.82) is 0 Å². The molecular weight excluding hydrogens is 323 g/mol. The number of non-ortho nitro benzene ring substituents is 1. The predicted molar refractivity (Wildman–Crippen MR) is 67.2 cm³/mol. The summed E-state index contributed by atoms with van der Waals surface area (Å²) in [5, 5.41) is 12.9. The van der Waals surface area contributed by atoms with E-state index in [1.807, 2.05) is 22.6 Å². The lowest BCUT2D eigenvalue weighted by Gasteiger charge is -2.00. The summed E-state index contributed by atoms with van der Waals surface area (Å²) in [6.07, 6.45) is 0. The molecule has 6 heteroatoms. The first kappa shape index (κ1) is 12.4. The predicted octanol–water partition coefficient (Wildman–Crippen LogP) is 1.72. The van der Waals surface area contributed by atoms with Gasteiger partial charge in [-0.1, -0.05) is 5.92 Å². The number of nitrogens with one attached hydrogen (secondary N) is 1. The van der Waals surface area contributed by atoms with Crippen LogP contribution in [0.4, 0.5) is 5.69 Å². The number of nitro groups is 1. The Balaban J connectivity index is 2.69. The number of halogens is 1. The number of nitro benzene ring substituents is 1. The van der Waals surface area contributed by atoms with E-state index in [1.54, 1.807) is 0 Å². The van der Waals surface area contributed by atoms with Gasteiger partial charge in [-0.2, -0.15) is 0 Å². The fourth-order valence-corrected chi connectivity index (χ4v) is 1.19. The van der Waals surface area contributed by atoms with Crippen LogP contribution in [0.3, 0.4) is 0 Å². The van der Waals surface area contributed by atoms with Crippen LogP contribution in [0.1, 0.15) is 10.4 Å². The van der Waals surface area contributed by atoms with E-state index < -0.39 is 4.92 Å². The summed E-state index contributed by atoms with van der Waals surface area (Å²) in [5.41, 5.74) is 0.337. The molecule has 0 aliphatic rings. The van der Waals surface area contributed by atoms with E-state index >= 15 is 0 Å². The highest BCUT2D eigenvalue weighted by Crippen LogP contribution is 2.11. The molecule has 0 fully saturated rings. The van der Waals surface area contributed by atoms with Gasteiger partial charge in [0.25, 0.3) is 11.6 Å². The Morgan fingerprint density at radius 1 is 1.44 bits per heavy atom. The zero-order valence-corrected chi connectivity index (χ0v) is 10.2. The molecule has 0 bridgehead atoms. The quantitative estimate of drug-likeness (QED) is 0.397. The highest BCUT2D eigenvalue weighted by atomic mass is 127. The lowest BCUT2D eigenvalue weighted by molar-refractivity contribution is -0.384. The summed E-state index contributed by atoms with van der Waals surface area (Å²) in [6.45, 7) is 0.263. The van der Waals surface area contributed by atoms with Gasteiger partial charge in [-0.05, 0) is 16.1 Å². The van der Waals surface area contributed by atoms with Gasteiger partial charge >= 0.3 is 0 Å². The molecule has 1 aromatic carbocycles. The molecule has 0 aliphatic carbocycles. The zero-order valence-electron chi connectivity index (χ0n) is 8.07. The van der Waals surface area contributed by atoms with Gasteiger partial charge in [0, 0.05) is 40.3 Å². The van der Waals surface area contributed by atoms with Crippen molar-refractivity contribution >= 4 is 34.2 Å². The van der Waals surface area contributed by atoms with Crippen molar-refractivity contribution in [3.63, 3.8) is 0 Å². The van der Waals surface area contributed by atoms with E-state index in [2.05, 4.69) is 15.2 Å². The van der Waals surface area contributed by atoms with Crippen LogP contribution in [0.2, 0.25) is 0 Å². The minimum Gasteiger partial charge on any atom is -0.341 e. The van der Waals surface area contributed by atoms with Gasteiger partial charge in [-0.3, -0.25) is 14.9 Å². The van der Waals surface area contributed by atoms with Crippen LogP contribution < -0.4 is 5.32 Å². The summed E-state index contributed by atoms with van der Waals surface area (Å²) in [5.74, 6) is 2.38. The first-order valence-electron chi connectivity index (χ1n) is 4.26. The lowest BCUT2D eigenvalue weighted by Crippen LogP contribution is -2.23. The Labute approximate surface area is 106 Å². The largest absolute Gasteiger partial charge is 0.341 e. The summed E-state index contributed by atoms with van der Waals surface area (Å²) in [4.78, 5) is 21.3. The number of carbonyl (C=O) groups excluding carboxylic acids is 1. The van der Waals surface area contributed by atoms with Crippen LogP contribution in [-0.4, -0.2) is 17.4 Å². The number of carbonyl (C=O) groups is 1. The number of rotatable bonds is 3. The average Bonchev–Trinajstić information content (AvgIpc) is 2.29. The van der Waals surface area contributed by atoms with Crippen molar-refractivity contribution in [2.24, 2.45) is 0 Å². The van der Waals surface area contributed by atoms with Gasteiger partial charge < -0.3 is 5.32 Å². The second-order valence-corrected chi connectivity index (χ2v) is 3.30. The van der Waals surface area contributed by atoms with Crippen LogP contribution >= 0.6 is 22.6 Å². The third kappa shape index (κ3) is 3.51. The van der Waals surface area contributed by atoms with Crippen LogP contribution in [0, 0.1) is 20.0 Å². The maximum Gasteiger partial charge on any atom is 0.269 e. The highest BCUT2D eigenvalue weighted by molar-refractivity contribution is 14.1. The molecule has 0 unspecified atom stereocenters. The molecule has 1 amide bonds. The van der Waals surface area contributed by atoms with E-state index in [0.29, 0.717) is 5.56 Å². The SMILES string of the molecule is O=C(NCC#CI)c1ccc([N+](=O)[O-])cc1. The number of nitrogens with zero attached hydrogens (tertiary/aromatic N) is 1. The Morgan fingerprint density at radius 3 is 2.56 bits per heavy atom. The zero-order chi connectivity index (χ0) is 12.0. The monoisotopic (exact) mass is 330 g/mol. The van der Waals surface area contributed by atoms with Gasteiger partial charge in [0.2, 0.25) is 0 Å². The molecule has 1 rings (SSSR count). The van der Waals surface area contributed by atoms with E-state index in [9.17, 15) is 14.9 Å². The van der Waals surface area contributed by atoms with Crippen molar-refractivity contribution < 1.29 is 9.72 Å². The Hall–Kier alpha value is -1.62. The normalized spacial score (nSPS) is 8.81. The minimum atomic E-state index is -0.511. The van der Waals surface area contributed by atoms with E-state index in [-0.39, 0.29) is 18.1 Å². The summed E-state index contributed by atoms with van der Waals surface area (Å²) in [7, 11) is 0. The molecule has 0 spiro atoms. The minimum absolute atomic E-state index is 0.0383. The van der Waals surface area contributed by atoms with E-state index in [1.165, 1.54) is 24.3 Å². The Kier molecular flexibility index (Phi) is 4.72. The number of benzene rings is 1. The molecule has 1 aromatic rings. The molecule has 0 aromatic heterocycles. The van der Waals surface area contributed by atoms with Crippen molar-refractivity contribution in [3.05, 3.63) is 39.9 Å². The fourth-order valence-electron chi connectivity index (χ4n) is 0.994. The summed E-state index contributed by atoms with van der Waals surface area (Å²) >= 11 is 1.87. The molecular formula is C10H7IN2O3. The molecule has 82 valence electrons. The standard InChI is InChI=1S/C10H7IN2O3/c11-6-1-7-12-10(14)8-2-4-9(5-3-8)13(15)16/h2-5H,7H2,(H,12,14). The molecule has 16 heavy (non-hydrogen) atoms. The fraction of sp³-hybridized carbons (Fsp3) is 0.100. The number of hydrogen-bond acceptors (Lipinski definition) is 3. The smallest absolute Gasteiger partial charge is 0.269 e. The van der Waals surface area contributed by atoms with Crippen LogP contribution in [0.25, 0.3) is 0 Å². The van der Waals surface area contributed by atoms with Gasteiger partial charge in [-0.25, -0.2) is 0 Å². The van der Waals surface area contributed by atoms with Gasteiger partial charge in [0.1, 0.15) is 0 Å². The first-order chi connectivity index (χ1) is 7.65. The molecule has 5 nitrogen and oxygen atoms in total. The first-order valence-corrected chi connectivity index (χ1v) is 5.34. The van der Waals surface area contributed by atoms with E-state index in [0.717, 1.165) is 0 Å². The maximum atomic E-state index is 11.4. The Morgan fingerprint density at radius 2 is 2.06 bits per heavy atom. The molecule has 0 atom stereocenters. The summed E-state index contributed by atoms with van der Waals surface area (Å²) in [6, 6.07) is 5.40. The van der Waals surface area contributed by atoms with Crippen molar-refractivity contribution in [1.82, 2.24) is 5.32 Å².